The number of carbonyl (C=O) groups is 1. The van der Waals surface area contributed by atoms with Crippen molar-refractivity contribution in [1.82, 2.24) is 5.32 Å². The maximum absolute atomic E-state index is 12.4. The summed E-state index contributed by atoms with van der Waals surface area (Å²) in [5.41, 5.74) is 0.960. The molecule has 19 heavy (non-hydrogen) atoms. The lowest BCUT2D eigenvalue weighted by molar-refractivity contribution is -0.120. The highest BCUT2D eigenvalue weighted by molar-refractivity contribution is 7.99. The number of nitrogens with one attached hydrogen (secondary N) is 2. The third kappa shape index (κ3) is 2.65. The number of carbonyl (C=O) groups excluding carboxylic acids is 1. The van der Waals surface area contributed by atoms with Gasteiger partial charge in [-0.25, -0.2) is 0 Å². The normalized spacial score (nSPS) is 28.6. The molecule has 1 aromatic rings. The highest BCUT2D eigenvalue weighted by atomic mass is 32.2. The van der Waals surface area contributed by atoms with E-state index in [1.54, 1.807) is 11.8 Å². The maximum Gasteiger partial charge on any atom is 0.229 e. The summed E-state index contributed by atoms with van der Waals surface area (Å²) in [6, 6.07) is 9.04. The second kappa shape index (κ2) is 5.55. The Bertz CT molecular complexity index is 477. The van der Waals surface area contributed by atoms with Gasteiger partial charge in [-0.05, 0) is 37.1 Å². The smallest absolute Gasteiger partial charge is 0.229 e. The van der Waals surface area contributed by atoms with Crippen LogP contribution in [0.4, 0.5) is 5.69 Å². The average Bonchev–Trinajstić information content (AvgIpc) is 3.03. The Morgan fingerprint density at radius 1 is 1.42 bits per heavy atom. The number of para-hydroxylation sites is 1. The summed E-state index contributed by atoms with van der Waals surface area (Å²) >= 11 is 1.77. The van der Waals surface area contributed by atoms with Crippen LogP contribution in [-0.2, 0) is 4.79 Å². The third-order valence-electron chi connectivity index (χ3n) is 4.08. The Labute approximate surface area is 118 Å². The van der Waals surface area contributed by atoms with Gasteiger partial charge < -0.3 is 10.6 Å². The first-order valence-electron chi connectivity index (χ1n) is 7.06. The fraction of sp³-hybridized carbons (Fsp3) is 0.533. The van der Waals surface area contributed by atoms with Gasteiger partial charge in [-0.3, -0.25) is 4.79 Å². The van der Waals surface area contributed by atoms with E-state index in [0.717, 1.165) is 29.2 Å². The largest absolute Gasteiger partial charge is 0.325 e. The average molecular weight is 276 g/mol. The molecule has 2 saturated heterocycles. The number of hydrogen-bond acceptors (Lipinski definition) is 3. The van der Waals surface area contributed by atoms with E-state index in [9.17, 15) is 4.79 Å². The lowest BCUT2D eigenvalue weighted by Gasteiger charge is -2.20. The SMILES string of the molecule is CCSc1ccccc1NC(=O)C1CC2CCC1N2. The van der Waals surface area contributed by atoms with E-state index < -0.39 is 0 Å². The second-order valence-electron chi connectivity index (χ2n) is 5.31. The Morgan fingerprint density at radius 3 is 2.95 bits per heavy atom. The zero-order valence-electron chi connectivity index (χ0n) is 11.2. The number of amides is 1. The van der Waals surface area contributed by atoms with E-state index in [1.807, 2.05) is 18.2 Å². The molecule has 0 aromatic heterocycles. The molecule has 4 heteroatoms. The first-order valence-corrected chi connectivity index (χ1v) is 8.05. The summed E-state index contributed by atoms with van der Waals surface area (Å²) in [5.74, 6) is 1.35. The van der Waals surface area contributed by atoms with Crippen molar-refractivity contribution in [2.45, 2.75) is 43.2 Å². The van der Waals surface area contributed by atoms with Gasteiger partial charge in [0, 0.05) is 17.0 Å². The molecular formula is C15H20N2OS. The number of anilines is 1. The Kier molecular flexibility index (Phi) is 3.80. The van der Waals surface area contributed by atoms with Crippen molar-refractivity contribution in [2.75, 3.05) is 11.1 Å². The van der Waals surface area contributed by atoms with Gasteiger partial charge in [-0.2, -0.15) is 0 Å². The van der Waals surface area contributed by atoms with Crippen molar-refractivity contribution in [2.24, 2.45) is 5.92 Å². The quantitative estimate of drug-likeness (QED) is 0.831. The van der Waals surface area contributed by atoms with Crippen molar-refractivity contribution >= 4 is 23.4 Å². The third-order valence-corrected chi connectivity index (χ3v) is 5.04. The van der Waals surface area contributed by atoms with Gasteiger partial charge >= 0.3 is 0 Å². The van der Waals surface area contributed by atoms with Crippen LogP contribution in [0.25, 0.3) is 0 Å². The van der Waals surface area contributed by atoms with Crippen LogP contribution in [0, 0.1) is 5.92 Å². The highest BCUT2D eigenvalue weighted by Crippen LogP contribution is 2.35. The molecule has 2 aliphatic rings. The molecule has 0 aliphatic carbocycles. The summed E-state index contributed by atoms with van der Waals surface area (Å²) in [5, 5.41) is 6.64. The van der Waals surface area contributed by atoms with E-state index in [4.69, 9.17) is 0 Å². The lowest BCUT2D eigenvalue weighted by atomic mass is 9.88. The van der Waals surface area contributed by atoms with Crippen LogP contribution < -0.4 is 10.6 Å². The monoisotopic (exact) mass is 276 g/mol. The Balaban J connectivity index is 1.69. The number of rotatable bonds is 4. The lowest BCUT2D eigenvalue weighted by Crippen LogP contribution is -2.32. The molecule has 2 bridgehead atoms. The summed E-state index contributed by atoms with van der Waals surface area (Å²) in [6.07, 6.45) is 3.38. The number of hydrogen-bond donors (Lipinski definition) is 2. The zero-order chi connectivity index (χ0) is 13.2. The van der Waals surface area contributed by atoms with Crippen molar-refractivity contribution in [3.05, 3.63) is 24.3 Å². The highest BCUT2D eigenvalue weighted by Gasteiger charge is 2.42. The van der Waals surface area contributed by atoms with Crippen LogP contribution in [0.1, 0.15) is 26.2 Å². The van der Waals surface area contributed by atoms with Crippen LogP contribution >= 0.6 is 11.8 Å². The fourth-order valence-corrected chi connectivity index (χ4v) is 3.95. The van der Waals surface area contributed by atoms with Gasteiger partial charge in [0.05, 0.1) is 11.6 Å². The van der Waals surface area contributed by atoms with Crippen molar-refractivity contribution in [3.63, 3.8) is 0 Å². The fourth-order valence-electron chi connectivity index (χ4n) is 3.19. The molecule has 1 amide bonds. The molecule has 2 fully saturated rings. The number of thioether (sulfide) groups is 1. The summed E-state index contributed by atoms with van der Waals surface area (Å²) < 4.78 is 0. The molecule has 0 spiro atoms. The molecule has 3 unspecified atom stereocenters. The first kappa shape index (κ1) is 13.0. The van der Waals surface area contributed by atoms with E-state index in [2.05, 4.69) is 23.6 Å². The Morgan fingerprint density at radius 2 is 2.26 bits per heavy atom. The maximum atomic E-state index is 12.4. The van der Waals surface area contributed by atoms with Gasteiger partial charge in [0.1, 0.15) is 0 Å². The minimum atomic E-state index is 0.151. The van der Waals surface area contributed by atoms with E-state index >= 15 is 0 Å². The molecular weight excluding hydrogens is 256 g/mol. The van der Waals surface area contributed by atoms with E-state index in [1.165, 1.54) is 6.42 Å². The van der Waals surface area contributed by atoms with Crippen LogP contribution in [-0.4, -0.2) is 23.7 Å². The minimum Gasteiger partial charge on any atom is -0.325 e. The van der Waals surface area contributed by atoms with Crippen LogP contribution in [0.5, 0.6) is 0 Å². The number of fused-ring (bicyclic) bond motifs is 2. The molecule has 2 N–H and O–H groups in total. The van der Waals surface area contributed by atoms with Crippen LogP contribution in [0.15, 0.2) is 29.2 Å². The van der Waals surface area contributed by atoms with E-state index in [0.29, 0.717) is 12.1 Å². The van der Waals surface area contributed by atoms with Crippen molar-refractivity contribution in [1.29, 1.82) is 0 Å². The predicted molar refractivity (Wildman–Crippen MR) is 79.5 cm³/mol. The summed E-state index contributed by atoms with van der Waals surface area (Å²) in [4.78, 5) is 13.6. The number of benzene rings is 1. The molecule has 102 valence electrons. The molecule has 2 heterocycles. The van der Waals surface area contributed by atoms with Crippen LogP contribution in [0.2, 0.25) is 0 Å². The predicted octanol–water partition coefficient (Wildman–Crippen LogP) is 2.88. The van der Waals surface area contributed by atoms with Crippen molar-refractivity contribution in [3.8, 4) is 0 Å². The molecule has 3 nitrogen and oxygen atoms in total. The Hall–Kier alpha value is -1.00. The molecule has 3 atom stereocenters. The van der Waals surface area contributed by atoms with E-state index in [-0.39, 0.29) is 11.8 Å². The summed E-state index contributed by atoms with van der Waals surface area (Å²) in [6.45, 7) is 2.13. The minimum absolute atomic E-state index is 0.151. The van der Waals surface area contributed by atoms with Gasteiger partial charge in [0.2, 0.25) is 5.91 Å². The first-order chi connectivity index (χ1) is 9.28. The standard InChI is InChI=1S/C15H20N2OS/c1-2-19-14-6-4-3-5-13(14)17-15(18)11-9-10-7-8-12(11)16-10/h3-6,10-12,16H,2,7-9H2,1H3,(H,17,18). The molecule has 0 radical (unpaired) electrons. The molecule has 3 rings (SSSR count). The van der Waals surface area contributed by atoms with Crippen molar-refractivity contribution < 1.29 is 4.79 Å². The van der Waals surface area contributed by atoms with Gasteiger partial charge in [-0.15, -0.1) is 11.8 Å². The topological polar surface area (TPSA) is 41.1 Å². The summed E-state index contributed by atoms with van der Waals surface area (Å²) in [7, 11) is 0. The zero-order valence-corrected chi connectivity index (χ0v) is 12.0. The van der Waals surface area contributed by atoms with Gasteiger partial charge in [-0.1, -0.05) is 19.1 Å². The molecule has 1 aromatic carbocycles. The van der Waals surface area contributed by atoms with Gasteiger partial charge in [0.15, 0.2) is 0 Å². The second-order valence-corrected chi connectivity index (χ2v) is 6.61. The molecule has 0 saturated carbocycles. The van der Waals surface area contributed by atoms with Crippen LogP contribution in [0.3, 0.4) is 0 Å². The molecule has 2 aliphatic heterocycles. The van der Waals surface area contributed by atoms with Gasteiger partial charge in [0.25, 0.3) is 0 Å².